The minimum absolute atomic E-state index is 0.280. The standard InChI is InChI=1S/C21H26N2O2/c1-15-10-19(15)20-8-7-18(25-20)13-22-12-16-4-2-5-17(11-16)14-23-9-3-6-21(23)24/h2,4-5,7-8,11,15,19,22H,3,6,9-10,12-14H2,1H3. The minimum Gasteiger partial charge on any atom is -0.464 e. The largest absolute Gasteiger partial charge is 0.464 e. The second kappa shape index (κ2) is 7.04. The van der Waals surface area contributed by atoms with Gasteiger partial charge < -0.3 is 14.6 Å². The van der Waals surface area contributed by atoms with Crippen LogP contribution in [0.15, 0.2) is 40.8 Å². The molecule has 4 heteroatoms. The van der Waals surface area contributed by atoms with E-state index in [1.807, 2.05) is 4.90 Å². The highest BCUT2D eigenvalue weighted by Gasteiger charge is 2.36. The fraction of sp³-hybridized carbons (Fsp3) is 0.476. The van der Waals surface area contributed by atoms with Crippen molar-refractivity contribution in [2.75, 3.05) is 6.54 Å². The molecule has 25 heavy (non-hydrogen) atoms. The third-order valence-corrected chi connectivity index (χ3v) is 5.32. The van der Waals surface area contributed by atoms with Crippen LogP contribution in [0.3, 0.4) is 0 Å². The molecular formula is C21H26N2O2. The molecule has 4 rings (SSSR count). The second-order valence-corrected chi connectivity index (χ2v) is 7.47. The molecule has 0 spiro atoms. The summed E-state index contributed by atoms with van der Waals surface area (Å²) in [5, 5.41) is 3.46. The lowest BCUT2D eigenvalue weighted by atomic mass is 10.1. The number of carbonyl (C=O) groups is 1. The molecule has 1 aliphatic heterocycles. The number of nitrogens with one attached hydrogen (secondary N) is 1. The van der Waals surface area contributed by atoms with Crippen molar-refractivity contribution >= 4 is 5.91 Å². The monoisotopic (exact) mass is 338 g/mol. The van der Waals surface area contributed by atoms with Gasteiger partial charge in [-0.25, -0.2) is 0 Å². The number of hydrogen-bond donors (Lipinski definition) is 1. The van der Waals surface area contributed by atoms with Crippen molar-refractivity contribution in [1.82, 2.24) is 10.2 Å². The summed E-state index contributed by atoms with van der Waals surface area (Å²) in [6, 6.07) is 12.7. The Hall–Kier alpha value is -2.07. The predicted octanol–water partition coefficient (Wildman–Crippen LogP) is 3.82. The lowest BCUT2D eigenvalue weighted by Crippen LogP contribution is -2.23. The molecule has 2 aliphatic rings. The van der Waals surface area contributed by atoms with Gasteiger partial charge in [-0.3, -0.25) is 4.79 Å². The number of carbonyl (C=O) groups excluding carboxylic acids is 1. The molecule has 1 N–H and O–H groups in total. The highest BCUT2D eigenvalue weighted by atomic mass is 16.3. The van der Waals surface area contributed by atoms with Crippen LogP contribution in [0.5, 0.6) is 0 Å². The van der Waals surface area contributed by atoms with Gasteiger partial charge in [0, 0.05) is 32.0 Å². The number of nitrogens with zero attached hydrogens (tertiary/aromatic N) is 1. The Morgan fingerprint density at radius 3 is 2.80 bits per heavy atom. The molecule has 2 atom stereocenters. The lowest BCUT2D eigenvalue weighted by Gasteiger charge is -2.16. The molecule has 1 amide bonds. The highest BCUT2D eigenvalue weighted by molar-refractivity contribution is 5.78. The summed E-state index contributed by atoms with van der Waals surface area (Å²) in [4.78, 5) is 13.7. The van der Waals surface area contributed by atoms with Gasteiger partial charge in [0.15, 0.2) is 0 Å². The Balaban J connectivity index is 1.28. The van der Waals surface area contributed by atoms with Gasteiger partial charge in [0.05, 0.1) is 6.54 Å². The summed E-state index contributed by atoms with van der Waals surface area (Å²) in [7, 11) is 0. The first-order chi connectivity index (χ1) is 12.2. The maximum Gasteiger partial charge on any atom is 0.222 e. The summed E-state index contributed by atoms with van der Waals surface area (Å²) in [6.07, 6.45) is 2.95. The lowest BCUT2D eigenvalue weighted by molar-refractivity contribution is -0.128. The van der Waals surface area contributed by atoms with E-state index in [0.717, 1.165) is 50.0 Å². The van der Waals surface area contributed by atoms with Gasteiger partial charge in [-0.15, -0.1) is 0 Å². The van der Waals surface area contributed by atoms with E-state index in [9.17, 15) is 4.79 Å². The van der Waals surface area contributed by atoms with Crippen molar-refractivity contribution in [3.8, 4) is 0 Å². The predicted molar refractivity (Wildman–Crippen MR) is 96.9 cm³/mol. The van der Waals surface area contributed by atoms with E-state index in [4.69, 9.17) is 4.42 Å². The fourth-order valence-corrected chi connectivity index (χ4v) is 3.67. The molecule has 1 saturated heterocycles. The first kappa shape index (κ1) is 16.4. The molecule has 0 bridgehead atoms. The molecule has 4 nitrogen and oxygen atoms in total. The van der Waals surface area contributed by atoms with Gasteiger partial charge >= 0.3 is 0 Å². The van der Waals surface area contributed by atoms with Crippen LogP contribution in [-0.2, 0) is 24.4 Å². The maximum atomic E-state index is 11.8. The number of furan rings is 1. The Kier molecular flexibility index (Phi) is 4.62. The van der Waals surface area contributed by atoms with Crippen molar-refractivity contribution in [3.63, 3.8) is 0 Å². The van der Waals surface area contributed by atoms with Crippen LogP contribution in [0.25, 0.3) is 0 Å². The second-order valence-electron chi connectivity index (χ2n) is 7.47. The van der Waals surface area contributed by atoms with E-state index in [1.54, 1.807) is 0 Å². The Morgan fingerprint density at radius 2 is 2.04 bits per heavy atom. The quantitative estimate of drug-likeness (QED) is 0.835. The van der Waals surface area contributed by atoms with Crippen molar-refractivity contribution in [2.24, 2.45) is 5.92 Å². The molecular weight excluding hydrogens is 312 g/mol. The molecule has 2 aromatic rings. The van der Waals surface area contributed by atoms with Gasteiger partial charge in [0.2, 0.25) is 5.91 Å². The van der Waals surface area contributed by atoms with Gasteiger partial charge in [-0.2, -0.15) is 0 Å². The van der Waals surface area contributed by atoms with Crippen molar-refractivity contribution in [2.45, 2.75) is 51.7 Å². The SMILES string of the molecule is CC1CC1c1ccc(CNCc2cccc(CN3CCCC3=O)c2)o1. The number of hydrogen-bond acceptors (Lipinski definition) is 3. The molecule has 1 aliphatic carbocycles. The summed E-state index contributed by atoms with van der Waals surface area (Å²) in [6.45, 7) is 5.44. The van der Waals surface area contributed by atoms with Crippen molar-refractivity contribution < 1.29 is 9.21 Å². The van der Waals surface area contributed by atoms with E-state index >= 15 is 0 Å². The van der Waals surface area contributed by atoms with Gasteiger partial charge in [0.1, 0.15) is 11.5 Å². The van der Waals surface area contributed by atoms with E-state index in [0.29, 0.717) is 12.3 Å². The maximum absolute atomic E-state index is 11.8. The van der Waals surface area contributed by atoms with Crippen LogP contribution in [0.2, 0.25) is 0 Å². The molecule has 2 unspecified atom stereocenters. The molecule has 1 saturated carbocycles. The van der Waals surface area contributed by atoms with Crippen molar-refractivity contribution in [1.29, 1.82) is 0 Å². The Morgan fingerprint density at radius 1 is 1.20 bits per heavy atom. The summed E-state index contributed by atoms with van der Waals surface area (Å²) in [5.41, 5.74) is 2.45. The minimum atomic E-state index is 0.280. The normalized spacial score (nSPS) is 22.6. The summed E-state index contributed by atoms with van der Waals surface area (Å²) >= 11 is 0. The molecule has 0 radical (unpaired) electrons. The van der Waals surface area contributed by atoms with E-state index < -0.39 is 0 Å². The average Bonchev–Trinajstić information content (AvgIpc) is 2.97. The molecule has 1 aromatic heterocycles. The molecule has 2 heterocycles. The Bertz CT molecular complexity index is 752. The van der Waals surface area contributed by atoms with Crippen LogP contribution in [-0.4, -0.2) is 17.4 Å². The number of likely N-dealkylation sites (tertiary alicyclic amines) is 1. The number of amides is 1. The third-order valence-electron chi connectivity index (χ3n) is 5.32. The average molecular weight is 338 g/mol. The van der Waals surface area contributed by atoms with Crippen LogP contribution >= 0.6 is 0 Å². The zero-order chi connectivity index (χ0) is 17.2. The number of benzene rings is 1. The topological polar surface area (TPSA) is 45.5 Å². The highest BCUT2D eigenvalue weighted by Crippen LogP contribution is 2.47. The van der Waals surface area contributed by atoms with Crippen LogP contribution < -0.4 is 5.32 Å². The third kappa shape index (κ3) is 3.96. The van der Waals surface area contributed by atoms with E-state index in [-0.39, 0.29) is 5.91 Å². The van der Waals surface area contributed by atoms with Gasteiger partial charge in [0.25, 0.3) is 0 Å². The summed E-state index contributed by atoms with van der Waals surface area (Å²) < 4.78 is 5.93. The van der Waals surface area contributed by atoms with Crippen LogP contribution in [0, 0.1) is 5.92 Å². The summed E-state index contributed by atoms with van der Waals surface area (Å²) in [5.74, 6) is 3.84. The molecule has 1 aromatic carbocycles. The van der Waals surface area contributed by atoms with Gasteiger partial charge in [-0.1, -0.05) is 31.2 Å². The number of rotatable bonds is 7. The van der Waals surface area contributed by atoms with Crippen LogP contribution in [0.4, 0.5) is 0 Å². The fourth-order valence-electron chi connectivity index (χ4n) is 3.67. The van der Waals surface area contributed by atoms with E-state index in [2.05, 4.69) is 48.6 Å². The van der Waals surface area contributed by atoms with E-state index in [1.165, 1.54) is 17.5 Å². The molecule has 132 valence electrons. The first-order valence-corrected chi connectivity index (χ1v) is 9.34. The van der Waals surface area contributed by atoms with Crippen LogP contribution in [0.1, 0.15) is 54.8 Å². The zero-order valence-electron chi connectivity index (χ0n) is 14.8. The van der Waals surface area contributed by atoms with Crippen molar-refractivity contribution in [3.05, 3.63) is 59.0 Å². The smallest absolute Gasteiger partial charge is 0.222 e. The zero-order valence-corrected chi connectivity index (χ0v) is 14.8. The molecule has 2 fully saturated rings. The first-order valence-electron chi connectivity index (χ1n) is 9.34. The Labute approximate surface area is 149 Å². The van der Waals surface area contributed by atoms with Gasteiger partial charge in [-0.05, 0) is 42.0 Å².